The van der Waals surface area contributed by atoms with Gasteiger partial charge in [-0.25, -0.2) is 0 Å². The van der Waals surface area contributed by atoms with Gasteiger partial charge in [-0.05, 0) is 36.6 Å². The molecule has 1 heterocycles. The number of nitrogens with zero attached hydrogens (tertiary/aromatic N) is 2. The Labute approximate surface area is 145 Å². The number of thioether (sulfide) groups is 1. The van der Waals surface area contributed by atoms with E-state index in [1.54, 1.807) is 30.0 Å². The van der Waals surface area contributed by atoms with Gasteiger partial charge in [-0.3, -0.25) is 10.1 Å². The normalized spacial score (nSPS) is 10.5. The van der Waals surface area contributed by atoms with Crippen LogP contribution in [0.4, 0.5) is 6.01 Å². The average molecular weight is 390 g/mol. The van der Waals surface area contributed by atoms with Gasteiger partial charge < -0.3 is 4.42 Å². The van der Waals surface area contributed by atoms with Crippen LogP contribution < -0.4 is 5.32 Å². The molecule has 0 saturated heterocycles. The van der Waals surface area contributed by atoms with E-state index < -0.39 is 0 Å². The first-order chi connectivity index (χ1) is 11.2. The predicted molar refractivity (Wildman–Crippen MR) is 93.6 cm³/mol. The second kappa shape index (κ2) is 6.97. The van der Waals surface area contributed by atoms with Crippen molar-refractivity contribution in [2.75, 3.05) is 11.6 Å². The zero-order valence-electron chi connectivity index (χ0n) is 12.1. The maximum absolute atomic E-state index is 12.2. The number of halogens is 1. The molecule has 116 valence electrons. The van der Waals surface area contributed by atoms with Gasteiger partial charge in [0.05, 0.1) is 5.56 Å². The van der Waals surface area contributed by atoms with Crippen molar-refractivity contribution in [1.29, 1.82) is 0 Å². The summed E-state index contributed by atoms with van der Waals surface area (Å²) < 4.78 is 6.38. The molecule has 0 bridgehead atoms. The van der Waals surface area contributed by atoms with Crippen molar-refractivity contribution in [2.24, 2.45) is 0 Å². The number of carbonyl (C=O) groups is 1. The molecule has 3 rings (SSSR count). The van der Waals surface area contributed by atoms with E-state index >= 15 is 0 Å². The highest BCUT2D eigenvalue weighted by Gasteiger charge is 2.14. The van der Waals surface area contributed by atoms with Gasteiger partial charge in [0.25, 0.3) is 11.8 Å². The SMILES string of the molecule is CSc1ccccc1-c1nnc(NC(=O)c2cccc(Br)c2)o1. The molecule has 0 aliphatic heterocycles. The van der Waals surface area contributed by atoms with E-state index in [1.807, 2.05) is 36.6 Å². The van der Waals surface area contributed by atoms with Crippen LogP contribution in [0.5, 0.6) is 0 Å². The summed E-state index contributed by atoms with van der Waals surface area (Å²) in [4.78, 5) is 13.2. The van der Waals surface area contributed by atoms with Gasteiger partial charge in [0, 0.05) is 14.9 Å². The second-order valence-electron chi connectivity index (χ2n) is 4.58. The average Bonchev–Trinajstić information content (AvgIpc) is 3.03. The number of carbonyl (C=O) groups excluding carboxylic acids is 1. The topological polar surface area (TPSA) is 68.0 Å². The number of aromatic nitrogens is 2. The highest BCUT2D eigenvalue weighted by Crippen LogP contribution is 2.29. The number of anilines is 1. The molecule has 7 heteroatoms. The summed E-state index contributed by atoms with van der Waals surface area (Å²) in [6, 6.07) is 14.9. The van der Waals surface area contributed by atoms with Gasteiger partial charge >= 0.3 is 6.01 Å². The Morgan fingerprint density at radius 3 is 2.78 bits per heavy atom. The molecule has 2 aromatic carbocycles. The van der Waals surface area contributed by atoms with E-state index in [4.69, 9.17) is 4.42 Å². The molecule has 3 aromatic rings. The van der Waals surface area contributed by atoms with Crippen LogP contribution in [0.25, 0.3) is 11.5 Å². The maximum atomic E-state index is 12.2. The molecule has 23 heavy (non-hydrogen) atoms. The van der Waals surface area contributed by atoms with Crippen molar-refractivity contribution >= 4 is 39.6 Å². The van der Waals surface area contributed by atoms with Crippen LogP contribution >= 0.6 is 27.7 Å². The number of nitrogens with one attached hydrogen (secondary N) is 1. The molecule has 0 unspecified atom stereocenters. The van der Waals surface area contributed by atoms with Crippen molar-refractivity contribution < 1.29 is 9.21 Å². The molecule has 0 aliphatic rings. The van der Waals surface area contributed by atoms with Gasteiger partial charge in [0.15, 0.2) is 0 Å². The van der Waals surface area contributed by atoms with Crippen molar-refractivity contribution in [3.05, 3.63) is 58.6 Å². The third-order valence-corrected chi connectivity index (χ3v) is 4.36. The third kappa shape index (κ3) is 3.62. The van der Waals surface area contributed by atoms with E-state index in [9.17, 15) is 4.79 Å². The number of rotatable bonds is 4. The first-order valence-corrected chi connectivity index (χ1v) is 8.73. The first-order valence-electron chi connectivity index (χ1n) is 6.71. The lowest BCUT2D eigenvalue weighted by Crippen LogP contribution is -2.11. The zero-order valence-corrected chi connectivity index (χ0v) is 14.5. The van der Waals surface area contributed by atoms with Crippen molar-refractivity contribution in [1.82, 2.24) is 10.2 Å². The monoisotopic (exact) mass is 389 g/mol. The number of amides is 1. The fraction of sp³-hybridized carbons (Fsp3) is 0.0625. The summed E-state index contributed by atoms with van der Waals surface area (Å²) in [5.74, 6) is 0.0687. The Hall–Kier alpha value is -2.12. The van der Waals surface area contributed by atoms with Gasteiger partial charge in [-0.1, -0.05) is 39.2 Å². The molecule has 0 atom stereocenters. The smallest absolute Gasteiger partial charge is 0.322 e. The summed E-state index contributed by atoms with van der Waals surface area (Å²) in [5.41, 5.74) is 1.35. The molecule has 1 amide bonds. The molecule has 1 N–H and O–H groups in total. The van der Waals surface area contributed by atoms with Crippen molar-refractivity contribution in [3.63, 3.8) is 0 Å². The third-order valence-electron chi connectivity index (χ3n) is 3.07. The Kier molecular flexibility index (Phi) is 4.78. The second-order valence-corrected chi connectivity index (χ2v) is 6.34. The van der Waals surface area contributed by atoms with Gasteiger partial charge in [0.2, 0.25) is 0 Å². The van der Waals surface area contributed by atoms with Crippen LogP contribution in [0, 0.1) is 0 Å². The quantitative estimate of drug-likeness (QED) is 0.666. The van der Waals surface area contributed by atoms with Gasteiger partial charge in [-0.15, -0.1) is 16.9 Å². The summed E-state index contributed by atoms with van der Waals surface area (Å²) in [6.45, 7) is 0. The fourth-order valence-electron chi connectivity index (χ4n) is 2.00. The molecule has 0 aliphatic carbocycles. The summed E-state index contributed by atoms with van der Waals surface area (Å²) in [6.07, 6.45) is 1.98. The highest BCUT2D eigenvalue weighted by molar-refractivity contribution is 9.10. The molecule has 0 spiro atoms. The Balaban J connectivity index is 1.81. The van der Waals surface area contributed by atoms with E-state index in [0.29, 0.717) is 11.5 Å². The molecule has 5 nitrogen and oxygen atoms in total. The Morgan fingerprint density at radius 1 is 1.17 bits per heavy atom. The molecular weight excluding hydrogens is 378 g/mol. The molecule has 0 saturated carbocycles. The number of benzene rings is 2. The predicted octanol–water partition coefficient (Wildman–Crippen LogP) is 4.47. The fourth-order valence-corrected chi connectivity index (χ4v) is 2.99. The van der Waals surface area contributed by atoms with Crippen LogP contribution in [-0.4, -0.2) is 22.4 Å². The van der Waals surface area contributed by atoms with Gasteiger partial charge in [0.1, 0.15) is 0 Å². The highest BCUT2D eigenvalue weighted by atomic mass is 79.9. The van der Waals surface area contributed by atoms with Crippen molar-refractivity contribution in [3.8, 4) is 11.5 Å². The molecule has 0 fully saturated rings. The minimum absolute atomic E-state index is 0.0703. The van der Waals surface area contributed by atoms with E-state index in [2.05, 4.69) is 31.4 Å². The van der Waals surface area contributed by atoms with Crippen LogP contribution in [0.3, 0.4) is 0 Å². The van der Waals surface area contributed by atoms with Crippen LogP contribution in [0.15, 0.2) is 62.3 Å². The summed E-state index contributed by atoms with van der Waals surface area (Å²) >= 11 is 4.92. The van der Waals surface area contributed by atoms with E-state index in [1.165, 1.54) is 0 Å². The van der Waals surface area contributed by atoms with Crippen molar-refractivity contribution in [2.45, 2.75) is 4.90 Å². The van der Waals surface area contributed by atoms with Gasteiger partial charge in [-0.2, -0.15) is 0 Å². The maximum Gasteiger partial charge on any atom is 0.322 e. The lowest BCUT2D eigenvalue weighted by atomic mass is 10.2. The van der Waals surface area contributed by atoms with E-state index in [0.717, 1.165) is 14.9 Å². The number of hydrogen-bond donors (Lipinski definition) is 1. The Bertz CT molecular complexity index is 851. The molecule has 1 aromatic heterocycles. The lowest BCUT2D eigenvalue weighted by Gasteiger charge is -2.02. The molecule has 0 radical (unpaired) electrons. The molecular formula is C16H12BrN3O2S. The minimum Gasteiger partial charge on any atom is -0.403 e. The van der Waals surface area contributed by atoms with Crippen LogP contribution in [-0.2, 0) is 0 Å². The van der Waals surface area contributed by atoms with E-state index in [-0.39, 0.29) is 11.9 Å². The minimum atomic E-state index is -0.306. The summed E-state index contributed by atoms with van der Waals surface area (Å²) in [7, 11) is 0. The first kappa shape index (κ1) is 15.8. The number of hydrogen-bond acceptors (Lipinski definition) is 5. The van der Waals surface area contributed by atoms with Crippen LogP contribution in [0.2, 0.25) is 0 Å². The zero-order chi connectivity index (χ0) is 16.2. The summed E-state index contributed by atoms with van der Waals surface area (Å²) in [5, 5.41) is 10.5. The Morgan fingerprint density at radius 2 is 2.00 bits per heavy atom. The standard InChI is InChI=1S/C16H12BrN3O2S/c1-23-13-8-3-2-7-12(13)15-19-20-16(22-15)18-14(21)10-5-4-6-11(17)9-10/h2-9H,1H3,(H,18,20,21). The lowest BCUT2D eigenvalue weighted by molar-refractivity contribution is 0.102. The van der Waals surface area contributed by atoms with Crippen LogP contribution in [0.1, 0.15) is 10.4 Å². The largest absolute Gasteiger partial charge is 0.403 e.